The SMILES string of the molecule is C#CC(C)(C)NCc1cncc(Br)c1. The summed E-state index contributed by atoms with van der Waals surface area (Å²) in [5.74, 6) is 2.68. The molecule has 0 saturated carbocycles. The highest BCUT2D eigenvalue weighted by Crippen LogP contribution is 2.10. The van der Waals surface area contributed by atoms with Gasteiger partial charge >= 0.3 is 0 Å². The normalized spacial score (nSPS) is 11.0. The highest BCUT2D eigenvalue weighted by Gasteiger charge is 2.11. The maximum atomic E-state index is 5.36. The van der Waals surface area contributed by atoms with Crippen molar-refractivity contribution >= 4 is 15.9 Å². The van der Waals surface area contributed by atoms with Crippen LogP contribution in [0, 0.1) is 12.3 Å². The summed E-state index contributed by atoms with van der Waals surface area (Å²) in [6.07, 6.45) is 8.95. The van der Waals surface area contributed by atoms with Crippen LogP contribution >= 0.6 is 15.9 Å². The van der Waals surface area contributed by atoms with Gasteiger partial charge in [-0.1, -0.05) is 5.92 Å². The van der Waals surface area contributed by atoms with Gasteiger partial charge in [-0.05, 0) is 41.4 Å². The molecule has 0 fully saturated rings. The maximum Gasteiger partial charge on any atom is 0.0743 e. The Kier molecular flexibility index (Phi) is 3.68. The highest BCUT2D eigenvalue weighted by molar-refractivity contribution is 9.10. The number of nitrogens with one attached hydrogen (secondary N) is 1. The maximum absolute atomic E-state index is 5.36. The molecule has 1 rings (SSSR count). The van der Waals surface area contributed by atoms with Crippen LogP contribution in [0.3, 0.4) is 0 Å². The Hall–Kier alpha value is -0.850. The van der Waals surface area contributed by atoms with Crippen molar-refractivity contribution < 1.29 is 0 Å². The molecule has 74 valence electrons. The molecule has 0 amide bonds. The lowest BCUT2D eigenvalue weighted by molar-refractivity contribution is 0.490. The molecule has 0 saturated heterocycles. The van der Waals surface area contributed by atoms with Gasteiger partial charge in [-0.25, -0.2) is 0 Å². The molecule has 0 unspecified atom stereocenters. The molecule has 14 heavy (non-hydrogen) atoms. The Morgan fingerprint density at radius 2 is 2.29 bits per heavy atom. The average Bonchev–Trinajstić information content (AvgIpc) is 2.15. The Bertz CT molecular complexity index is 353. The lowest BCUT2D eigenvalue weighted by Gasteiger charge is -2.19. The van der Waals surface area contributed by atoms with E-state index in [2.05, 4.69) is 32.2 Å². The number of hydrogen-bond acceptors (Lipinski definition) is 2. The molecule has 3 heteroatoms. The van der Waals surface area contributed by atoms with E-state index in [1.165, 1.54) is 0 Å². The van der Waals surface area contributed by atoms with E-state index in [-0.39, 0.29) is 5.54 Å². The minimum atomic E-state index is -0.275. The van der Waals surface area contributed by atoms with E-state index in [0.29, 0.717) is 0 Å². The van der Waals surface area contributed by atoms with Gasteiger partial charge in [0.25, 0.3) is 0 Å². The first kappa shape index (κ1) is 11.2. The summed E-state index contributed by atoms with van der Waals surface area (Å²) in [5, 5.41) is 3.26. The molecule has 1 heterocycles. The topological polar surface area (TPSA) is 24.9 Å². The zero-order valence-electron chi connectivity index (χ0n) is 8.34. The fourth-order valence-electron chi connectivity index (χ4n) is 0.927. The predicted molar refractivity (Wildman–Crippen MR) is 61.7 cm³/mol. The van der Waals surface area contributed by atoms with Crippen molar-refractivity contribution in [3.8, 4) is 12.3 Å². The molecule has 0 aliphatic rings. The van der Waals surface area contributed by atoms with Gasteiger partial charge in [0.05, 0.1) is 5.54 Å². The molecule has 1 aromatic rings. The summed E-state index contributed by atoms with van der Waals surface area (Å²) in [7, 11) is 0. The van der Waals surface area contributed by atoms with Crippen molar-refractivity contribution in [2.45, 2.75) is 25.9 Å². The van der Waals surface area contributed by atoms with E-state index in [1.807, 2.05) is 26.1 Å². The van der Waals surface area contributed by atoms with Gasteiger partial charge in [0.1, 0.15) is 0 Å². The van der Waals surface area contributed by atoms with Crippen molar-refractivity contribution in [1.82, 2.24) is 10.3 Å². The molecular weight excluding hydrogens is 240 g/mol. The molecule has 0 spiro atoms. The van der Waals surface area contributed by atoms with Crippen LogP contribution in [0.1, 0.15) is 19.4 Å². The van der Waals surface area contributed by atoms with Crippen LogP contribution in [0.25, 0.3) is 0 Å². The molecular formula is C11H13BrN2. The molecule has 0 radical (unpaired) electrons. The zero-order valence-corrected chi connectivity index (χ0v) is 9.93. The predicted octanol–water partition coefficient (Wildman–Crippen LogP) is 2.35. The number of pyridine rings is 1. The number of terminal acetylenes is 1. The third kappa shape index (κ3) is 3.49. The molecule has 0 bridgehead atoms. The van der Waals surface area contributed by atoms with E-state index in [0.717, 1.165) is 16.6 Å². The number of aromatic nitrogens is 1. The second-order valence-corrected chi connectivity index (χ2v) is 4.55. The third-order valence-electron chi connectivity index (χ3n) is 1.86. The summed E-state index contributed by atoms with van der Waals surface area (Å²) >= 11 is 3.37. The fourth-order valence-corrected chi connectivity index (χ4v) is 1.34. The summed E-state index contributed by atoms with van der Waals surface area (Å²) < 4.78 is 0.982. The van der Waals surface area contributed by atoms with Crippen molar-refractivity contribution in [1.29, 1.82) is 0 Å². The van der Waals surface area contributed by atoms with E-state index < -0.39 is 0 Å². The Morgan fingerprint density at radius 3 is 2.86 bits per heavy atom. The number of hydrogen-bond donors (Lipinski definition) is 1. The molecule has 2 nitrogen and oxygen atoms in total. The number of nitrogens with zero attached hydrogens (tertiary/aromatic N) is 1. The smallest absolute Gasteiger partial charge is 0.0743 e. The Morgan fingerprint density at radius 1 is 1.57 bits per heavy atom. The third-order valence-corrected chi connectivity index (χ3v) is 2.29. The minimum absolute atomic E-state index is 0.275. The van der Waals surface area contributed by atoms with Crippen LogP contribution in [0.5, 0.6) is 0 Å². The van der Waals surface area contributed by atoms with Gasteiger partial charge in [0, 0.05) is 23.4 Å². The average molecular weight is 253 g/mol. The summed E-state index contributed by atoms with van der Waals surface area (Å²) in [6.45, 7) is 4.67. The first-order valence-corrected chi connectivity index (χ1v) is 5.15. The van der Waals surface area contributed by atoms with Crippen LogP contribution in [0.4, 0.5) is 0 Å². The number of rotatable bonds is 3. The molecule has 0 aliphatic carbocycles. The van der Waals surface area contributed by atoms with E-state index in [9.17, 15) is 0 Å². The van der Waals surface area contributed by atoms with E-state index in [4.69, 9.17) is 6.42 Å². The number of halogens is 1. The van der Waals surface area contributed by atoms with Crippen LogP contribution in [-0.4, -0.2) is 10.5 Å². The Labute approximate surface area is 93.3 Å². The highest BCUT2D eigenvalue weighted by atomic mass is 79.9. The van der Waals surface area contributed by atoms with Gasteiger partial charge in [0.2, 0.25) is 0 Å². The second-order valence-electron chi connectivity index (χ2n) is 3.63. The van der Waals surface area contributed by atoms with Gasteiger partial charge in [0.15, 0.2) is 0 Å². The lowest BCUT2D eigenvalue weighted by Crippen LogP contribution is -2.36. The summed E-state index contributed by atoms with van der Waals surface area (Å²) in [4.78, 5) is 4.07. The molecule has 0 aliphatic heterocycles. The van der Waals surface area contributed by atoms with E-state index in [1.54, 1.807) is 6.20 Å². The van der Waals surface area contributed by atoms with Gasteiger partial charge < -0.3 is 0 Å². The lowest BCUT2D eigenvalue weighted by atomic mass is 10.1. The standard InChI is InChI=1S/C11H13BrN2/c1-4-11(2,3)14-7-9-5-10(12)8-13-6-9/h1,5-6,8,14H,7H2,2-3H3. The fraction of sp³-hybridized carbons (Fsp3) is 0.364. The van der Waals surface area contributed by atoms with Gasteiger partial charge in [-0.3, -0.25) is 10.3 Å². The first-order valence-electron chi connectivity index (χ1n) is 4.36. The van der Waals surface area contributed by atoms with Crippen LogP contribution < -0.4 is 5.32 Å². The minimum Gasteiger partial charge on any atom is -0.297 e. The zero-order chi connectivity index (χ0) is 10.6. The first-order chi connectivity index (χ1) is 6.53. The van der Waals surface area contributed by atoms with Crippen LogP contribution in [0.15, 0.2) is 22.9 Å². The Balaban J connectivity index is 2.59. The van der Waals surface area contributed by atoms with Crippen LogP contribution in [0.2, 0.25) is 0 Å². The largest absolute Gasteiger partial charge is 0.297 e. The quantitative estimate of drug-likeness (QED) is 0.836. The summed E-state index contributed by atoms with van der Waals surface area (Å²) in [5.41, 5.74) is 0.838. The van der Waals surface area contributed by atoms with Crippen molar-refractivity contribution in [2.24, 2.45) is 0 Å². The van der Waals surface area contributed by atoms with Crippen molar-refractivity contribution in [3.05, 3.63) is 28.5 Å². The van der Waals surface area contributed by atoms with E-state index >= 15 is 0 Å². The monoisotopic (exact) mass is 252 g/mol. The molecule has 1 aromatic heterocycles. The van der Waals surface area contributed by atoms with Crippen molar-refractivity contribution in [2.75, 3.05) is 0 Å². The van der Waals surface area contributed by atoms with Crippen molar-refractivity contribution in [3.63, 3.8) is 0 Å². The summed E-state index contributed by atoms with van der Waals surface area (Å²) in [6, 6.07) is 2.02. The van der Waals surface area contributed by atoms with Gasteiger partial charge in [-0.2, -0.15) is 0 Å². The second kappa shape index (κ2) is 4.59. The molecule has 0 atom stereocenters. The molecule has 0 aromatic carbocycles. The molecule has 1 N–H and O–H groups in total. The van der Waals surface area contributed by atoms with Crippen LogP contribution in [-0.2, 0) is 6.54 Å². The van der Waals surface area contributed by atoms with Gasteiger partial charge in [-0.15, -0.1) is 6.42 Å².